The number of nitrogens with zero attached hydrogens (tertiary/aromatic N) is 1. The third-order valence-corrected chi connectivity index (χ3v) is 4.01. The molecule has 0 unspecified atom stereocenters. The molecule has 0 spiro atoms. The number of aliphatic carboxylic acids is 1. The van der Waals surface area contributed by atoms with Crippen LogP contribution in [0.5, 0.6) is 0 Å². The van der Waals surface area contributed by atoms with Gasteiger partial charge in [-0.1, -0.05) is 18.2 Å². The number of hydrogen-bond acceptors (Lipinski definition) is 3. The van der Waals surface area contributed by atoms with Gasteiger partial charge in [-0.15, -0.1) is 0 Å². The molecule has 5 nitrogen and oxygen atoms in total. The first-order valence-electron chi connectivity index (χ1n) is 6.95. The zero-order valence-electron chi connectivity index (χ0n) is 13.1. The highest BCUT2D eigenvalue weighted by molar-refractivity contribution is 5.98. The van der Waals surface area contributed by atoms with Gasteiger partial charge in [0.25, 0.3) is 0 Å². The van der Waals surface area contributed by atoms with E-state index in [1.54, 1.807) is 39.8 Å². The zero-order valence-corrected chi connectivity index (χ0v) is 13.1. The molecular formula is C16H24N2O3. The smallest absolute Gasteiger partial charge is 0.305 e. The second-order valence-electron chi connectivity index (χ2n) is 6.28. The minimum absolute atomic E-state index is 0.109. The Morgan fingerprint density at radius 3 is 2.10 bits per heavy atom. The van der Waals surface area contributed by atoms with Crippen LogP contribution >= 0.6 is 0 Å². The van der Waals surface area contributed by atoms with Gasteiger partial charge < -0.3 is 15.7 Å². The van der Waals surface area contributed by atoms with Crippen molar-refractivity contribution in [2.45, 2.75) is 39.7 Å². The average molecular weight is 292 g/mol. The molecule has 0 saturated carbocycles. The fraction of sp³-hybridized carbons (Fsp3) is 0.500. The van der Waals surface area contributed by atoms with E-state index in [-0.39, 0.29) is 18.9 Å². The van der Waals surface area contributed by atoms with Crippen molar-refractivity contribution in [3.63, 3.8) is 0 Å². The van der Waals surface area contributed by atoms with Gasteiger partial charge in [-0.05, 0) is 39.8 Å². The van der Waals surface area contributed by atoms with Crippen molar-refractivity contribution in [3.05, 3.63) is 30.3 Å². The van der Waals surface area contributed by atoms with E-state index in [9.17, 15) is 9.59 Å². The fourth-order valence-electron chi connectivity index (χ4n) is 1.78. The molecule has 1 aromatic carbocycles. The monoisotopic (exact) mass is 292 g/mol. The summed E-state index contributed by atoms with van der Waals surface area (Å²) in [4.78, 5) is 25.2. The lowest BCUT2D eigenvalue weighted by atomic mass is 9.74. The molecule has 0 aliphatic rings. The molecule has 1 rings (SSSR count). The van der Waals surface area contributed by atoms with Gasteiger partial charge >= 0.3 is 5.97 Å². The summed E-state index contributed by atoms with van der Waals surface area (Å²) in [7, 11) is 0. The lowest BCUT2D eigenvalue weighted by molar-refractivity contribution is -0.136. The van der Waals surface area contributed by atoms with Gasteiger partial charge in [-0.25, -0.2) is 0 Å². The Morgan fingerprint density at radius 2 is 1.67 bits per heavy atom. The van der Waals surface area contributed by atoms with Crippen molar-refractivity contribution in [3.8, 4) is 0 Å². The maximum Gasteiger partial charge on any atom is 0.305 e. The van der Waals surface area contributed by atoms with Crippen molar-refractivity contribution in [1.29, 1.82) is 0 Å². The van der Waals surface area contributed by atoms with Crippen molar-refractivity contribution >= 4 is 17.6 Å². The Morgan fingerprint density at radius 1 is 1.14 bits per heavy atom. The number of para-hydroxylation sites is 1. The third kappa shape index (κ3) is 4.04. The summed E-state index contributed by atoms with van der Waals surface area (Å²) in [5.41, 5.74) is 5.26. The molecule has 0 radical (unpaired) electrons. The minimum atomic E-state index is -0.937. The van der Waals surface area contributed by atoms with Gasteiger partial charge in [-0.2, -0.15) is 0 Å². The van der Waals surface area contributed by atoms with Gasteiger partial charge in [0.1, 0.15) is 0 Å². The number of amides is 1. The number of carbonyl (C=O) groups is 2. The number of carbonyl (C=O) groups excluding carboxylic acids is 1. The summed E-state index contributed by atoms with van der Waals surface area (Å²) in [6.07, 6.45) is -0.109. The molecule has 21 heavy (non-hydrogen) atoms. The molecule has 3 N–H and O–H groups in total. The molecule has 1 amide bonds. The van der Waals surface area contributed by atoms with Crippen molar-refractivity contribution in [2.75, 3.05) is 11.4 Å². The van der Waals surface area contributed by atoms with E-state index in [1.807, 2.05) is 18.2 Å². The minimum Gasteiger partial charge on any atom is -0.481 e. The topological polar surface area (TPSA) is 83.6 Å². The van der Waals surface area contributed by atoms with Gasteiger partial charge in [0.2, 0.25) is 5.91 Å². The molecule has 0 atom stereocenters. The van der Waals surface area contributed by atoms with Crippen LogP contribution in [0.4, 0.5) is 5.69 Å². The lowest BCUT2D eigenvalue weighted by Gasteiger charge is -2.40. The molecule has 0 heterocycles. The van der Waals surface area contributed by atoms with Crippen LogP contribution in [0.2, 0.25) is 0 Å². The number of carboxylic acid groups (broad SMARTS) is 1. The predicted molar refractivity (Wildman–Crippen MR) is 83.1 cm³/mol. The van der Waals surface area contributed by atoms with Crippen molar-refractivity contribution in [2.24, 2.45) is 11.1 Å². The van der Waals surface area contributed by atoms with Crippen LogP contribution in [0.3, 0.4) is 0 Å². The van der Waals surface area contributed by atoms with Gasteiger partial charge in [-0.3, -0.25) is 9.59 Å². The maximum atomic E-state index is 12.9. The molecule has 0 saturated heterocycles. The van der Waals surface area contributed by atoms with Gasteiger partial charge in [0, 0.05) is 17.8 Å². The standard InChI is InChI=1S/C16H24N2O3/c1-15(2,16(3,4)17)14(21)18(11-10-13(19)20)12-8-6-5-7-9-12/h5-9H,10-11,17H2,1-4H3,(H,19,20). The Hall–Kier alpha value is -1.88. The zero-order chi connectivity index (χ0) is 16.3. The number of hydrogen-bond donors (Lipinski definition) is 2. The largest absolute Gasteiger partial charge is 0.481 e. The molecule has 1 aromatic rings. The van der Waals surface area contributed by atoms with Crippen LogP contribution in [0, 0.1) is 5.41 Å². The Bertz CT molecular complexity index is 504. The summed E-state index contributed by atoms with van der Waals surface area (Å²) in [6.45, 7) is 7.28. The van der Waals surface area contributed by atoms with E-state index in [1.165, 1.54) is 4.90 Å². The SMILES string of the molecule is CC(C)(N)C(C)(C)C(=O)N(CCC(=O)O)c1ccccc1. The average Bonchev–Trinajstić information content (AvgIpc) is 2.38. The first-order chi connectivity index (χ1) is 9.57. The molecule has 5 heteroatoms. The number of anilines is 1. The highest BCUT2D eigenvalue weighted by Gasteiger charge is 2.43. The van der Waals surface area contributed by atoms with Crippen molar-refractivity contribution < 1.29 is 14.7 Å². The van der Waals surface area contributed by atoms with Crippen LogP contribution in [-0.4, -0.2) is 29.1 Å². The highest BCUT2D eigenvalue weighted by Crippen LogP contribution is 2.32. The third-order valence-electron chi connectivity index (χ3n) is 4.01. The summed E-state index contributed by atoms with van der Waals surface area (Å²) in [6, 6.07) is 9.06. The molecule has 0 fully saturated rings. The quantitative estimate of drug-likeness (QED) is 0.842. The maximum absolute atomic E-state index is 12.9. The predicted octanol–water partition coefficient (Wildman–Crippen LogP) is 2.26. The van der Waals surface area contributed by atoms with Crippen molar-refractivity contribution in [1.82, 2.24) is 0 Å². The number of benzene rings is 1. The summed E-state index contributed by atoms with van der Waals surface area (Å²) in [5.74, 6) is -1.11. The van der Waals surface area contributed by atoms with E-state index in [0.717, 1.165) is 0 Å². The molecule has 0 aliphatic carbocycles. The molecule has 0 aromatic heterocycles. The molecule has 0 bridgehead atoms. The first-order valence-corrected chi connectivity index (χ1v) is 6.95. The van der Waals surface area contributed by atoms with Gasteiger partial charge in [0.15, 0.2) is 0 Å². The Labute approximate surface area is 125 Å². The fourth-order valence-corrected chi connectivity index (χ4v) is 1.78. The first kappa shape index (κ1) is 17.2. The molecular weight excluding hydrogens is 268 g/mol. The normalized spacial score (nSPS) is 12.0. The summed E-state index contributed by atoms with van der Waals surface area (Å²) >= 11 is 0. The van der Waals surface area contributed by atoms with Gasteiger partial charge in [0.05, 0.1) is 11.8 Å². The van der Waals surface area contributed by atoms with E-state index in [4.69, 9.17) is 10.8 Å². The van der Waals surface area contributed by atoms with E-state index >= 15 is 0 Å². The number of carboxylic acids is 1. The Kier molecular flexibility index (Phi) is 5.12. The van der Waals surface area contributed by atoms with E-state index in [0.29, 0.717) is 5.69 Å². The summed E-state index contributed by atoms with van der Waals surface area (Å²) in [5, 5.41) is 8.89. The van der Waals surface area contributed by atoms with Crippen LogP contribution in [0.25, 0.3) is 0 Å². The van der Waals surface area contributed by atoms with Crippen LogP contribution in [-0.2, 0) is 9.59 Å². The van der Waals surface area contributed by atoms with Crippen LogP contribution in [0.15, 0.2) is 30.3 Å². The Balaban J connectivity index is 3.13. The number of nitrogens with two attached hydrogens (primary N) is 1. The lowest BCUT2D eigenvalue weighted by Crippen LogP contribution is -2.57. The number of rotatable bonds is 6. The second kappa shape index (κ2) is 6.26. The van der Waals surface area contributed by atoms with Crippen LogP contribution in [0.1, 0.15) is 34.1 Å². The highest BCUT2D eigenvalue weighted by atomic mass is 16.4. The van der Waals surface area contributed by atoms with E-state index in [2.05, 4.69) is 0 Å². The molecule has 0 aliphatic heterocycles. The van der Waals surface area contributed by atoms with Crippen LogP contribution < -0.4 is 10.6 Å². The summed E-state index contributed by atoms with van der Waals surface area (Å²) < 4.78 is 0. The van der Waals surface area contributed by atoms with E-state index < -0.39 is 16.9 Å². The molecule has 116 valence electrons. The second-order valence-corrected chi connectivity index (χ2v) is 6.28.